The molecule has 1 aliphatic rings. The zero-order valence-electron chi connectivity index (χ0n) is 11.7. The van der Waals surface area contributed by atoms with Crippen LogP contribution in [0.1, 0.15) is 69.8 Å². The quantitative estimate of drug-likeness (QED) is 0.857. The van der Waals surface area contributed by atoms with E-state index in [1.54, 1.807) is 0 Å². The first-order valence-electron chi connectivity index (χ1n) is 7.45. The molecule has 18 heavy (non-hydrogen) atoms. The van der Waals surface area contributed by atoms with Gasteiger partial charge in [-0.2, -0.15) is 0 Å². The first-order valence-corrected chi connectivity index (χ1v) is 7.45. The highest BCUT2D eigenvalue weighted by Crippen LogP contribution is 2.31. The maximum absolute atomic E-state index is 4.73. The number of anilines is 1. The lowest BCUT2D eigenvalue weighted by Gasteiger charge is -2.21. The van der Waals surface area contributed by atoms with Crippen LogP contribution in [0.25, 0.3) is 0 Å². The second-order valence-electron chi connectivity index (χ2n) is 5.22. The van der Waals surface area contributed by atoms with Gasteiger partial charge in [0.05, 0.1) is 0 Å². The zero-order chi connectivity index (χ0) is 12.8. The number of aromatic nitrogens is 2. The van der Waals surface area contributed by atoms with E-state index in [0.29, 0.717) is 5.92 Å². The molecule has 0 bridgehead atoms. The third kappa shape index (κ3) is 3.44. The highest BCUT2D eigenvalue weighted by Gasteiger charge is 2.19. The summed E-state index contributed by atoms with van der Waals surface area (Å²) in [4.78, 5) is 9.45. The van der Waals surface area contributed by atoms with Crippen molar-refractivity contribution in [3.63, 3.8) is 0 Å². The Labute approximate surface area is 110 Å². The minimum absolute atomic E-state index is 0.590. The molecule has 0 saturated heterocycles. The Bertz CT molecular complexity index is 370. The van der Waals surface area contributed by atoms with E-state index in [1.807, 2.05) is 0 Å². The van der Waals surface area contributed by atoms with E-state index < -0.39 is 0 Å². The van der Waals surface area contributed by atoms with Crippen molar-refractivity contribution in [1.29, 1.82) is 0 Å². The van der Waals surface area contributed by atoms with Crippen LogP contribution in [0.3, 0.4) is 0 Å². The molecule has 1 N–H and O–H groups in total. The van der Waals surface area contributed by atoms with Gasteiger partial charge in [0.1, 0.15) is 11.6 Å². The van der Waals surface area contributed by atoms with Crippen LogP contribution in [0, 0.1) is 0 Å². The molecule has 1 aliphatic carbocycles. The molecule has 1 saturated carbocycles. The van der Waals surface area contributed by atoms with Crippen molar-refractivity contribution in [2.75, 3.05) is 11.9 Å². The molecule has 0 amide bonds. The van der Waals surface area contributed by atoms with Crippen molar-refractivity contribution in [2.24, 2.45) is 0 Å². The second kappa shape index (κ2) is 6.72. The third-order valence-electron chi connectivity index (χ3n) is 3.69. The Morgan fingerprint density at radius 3 is 2.61 bits per heavy atom. The predicted octanol–water partition coefficient (Wildman–Crippen LogP) is 3.91. The first kappa shape index (κ1) is 13.3. The summed E-state index contributed by atoms with van der Waals surface area (Å²) in [5, 5.41) is 3.40. The van der Waals surface area contributed by atoms with Crippen molar-refractivity contribution < 1.29 is 0 Å². The van der Waals surface area contributed by atoms with Crippen molar-refractivity contribution in [3.8, 4) is 0 Å². The minimum Gasteiger partial charge on any atom is -0.370 e. The Balaban J connectivity index is 2.16. The summed E-state index contributed by atoms with van der Waals surface area (Å²) < 4.78 is 0. The summed E-state index contributed by atoms with van der Waals surface area (Å²) in [6.07, 6.45) is 8.70. The van der Waals surface area contributed by atoms with Crippen LogP contribution in [-0.4, -0.2) is 16.5 Å². The highest BCUT2D eigenvalue weighted by molar-refractivity contribution is 5.36. The van der Waals surface area contributed by atoms with Gasteiger partial charge in [0.25, 0.3) is 0 Å². The molecule has 3 heteroatoms. The molecular weight excluding hydrogens is 222 g/mol. The van der Waals surface area contributed by atoms with Gasteiger partial charge < -0.3 is 5.32 Å². The van der Waals surface area contributed by atoms with Crippen LogP contribution >= 0.6 is 0 Å². The Morgan fingerprint density at radius 1 is 1.17 bits per heavy atom. The standard InChI is InChI=1S/C15H25N3/c1-3-10-16-14-11-13(4-2)17-15(18-14)12-8-6-5-7-9-12/h11-12H,3-10H2,1-2H3,(H,16,17,18). The Hall–Kier alpha value is -1.12. The van der Waals surface area contributed by atoms with E-state index in [9.17, 15) is 0 Å². The molecule has 0 aromatic carbocycles. The van der Waals surface area contributed by atoms with Crippen LogP contribution in [0.15, 0.2) is 6.07 Å². The molecule has 2 rings (SSSR count). The topological polar surface area (TPSA) is 37.8 Å². The number of hydrogen-bond donors (Lipinski definition) is 1. The number of nitrogens with one attached hydrogen (secondary N) is 1. The van der Waals surface area contributed by atoms with E-state index in [2.05, 4.69) is 25.2 Å². The van der Waals surface area contributed by atoms with Crippen molar-refractivity contribution >= 4 is 5.82 Å². The zero-order valence-corrected chi connectivity index (χ0v) is 11.7. The summed E-state index contributed by atoms with van der Waals surface area (Å²) >= 11 is 0. The van der Waals surface area contributed by atoms with Crippen LogP contribution in [0.5, 0.6) is 0 Å². The number of hydrogen-bond acceptors (Lipinski definition) is 3. The van der Waals surface area contributed by atoms with Gasteiger partial charge in [0.15, 0.2) is 0 Å². The van der Waals surface area contributed by atoms with Crippen LogP contribution in [-0.2, 0) is 6.42 Å². The van der Waals surface area contributed by atoms with Gasteiger partial charge in [-0.1, -0.05) is 33.1 Å². The summed E-state index contributed by atoms with van der Waals surface area (Å²) in [6.45, 7) is 5.33. The molecular formula is C15H25N3. The first-order chi connectivity index (χ1) is 8.83. The average Bonchev–Trinajstić information content (AvgIpc) is 2.45. The third-order valence-corrected chi connectivity index (χ3v) is 3.69. The monoisotopic (exact) mass is 247 g/mol. The van der Waals surface area contributed by atoms with Gasteiger partial charge in [-0.05, 0) is 25.7 Å². The van der Waals surface area contributed by atoms with E-state index in [-0.39, 0.29) is 0 Å². The van der Waals surface area contributed by atoms with E-state index >= 15 is 0 Å². The number of rotatable bonds is 5. The molecule has 1 aromatic rings. The molecule has 100 valence electrons. The van der Waals surface area contributed by atoms with Gasteiger partial charge in [-0.3, -0.25) is 0 Å². The Morgan fingerprint density at radius 2 is 1.94 bits per heavy atom. The molecule has 0 radical (unpaired) electrons. The molecule has 0 atom stereocenters. The molecule has 0 aliphatic heterocycles. The van der Waals surface area contributed by atoms with Crippen LogP contribution in [0.4, 0.5) is 5.82 Å². The molecule has 0 spiro atoms. The fraction of sp³-hybridized carbons (Fsp3) is 0.733. The van der Waals surface area contributed by atoms with E-state index in [4.69, 9.17) is 9.97 Å². The lowest BCUT2D eigenvalue weighted by molar-refractivity contribution is 0.428. The van der Waals surface area contributed by atoms with Crippen LogP contribution in [0.2, 0.25) is 0 Å². The maximum Gasteiger partial charge on any atom is 0.134 e. The SMILES string of the molecule is CCCNc1cc(CC)nc(C2CCCCC2)n1. The van der Waals surface area contributed by atoms with Crippen LogP contribution < -0.4 is 5.32 Å². The number of aryl methyl sites for hydroxylation is 1. The van der Waals surface area contributed by atoms with E-state index in [1.165, 1.54) is 37.8 Å². The van der Waals surface area contributed by atoms with Crippen molar-refractivity contribution in [3.05, 3.63) is 17.6 Å². The van der Waals surface area contributed by atoms with E-state index in [0.717, 1.165) is 31.0 Å². The smallest absolute Gasteiger partial charge is 0.134 e. The van der Waals surface area contributed by atoms with Gasteiger partial charge in [0, 0.05) is 24.2 Å². The summed E-state index contributed by atoms with van der Waals surface area (Å²) in [5.74, 6) is 2.68. The van der Waals surface area contributed by atoms with Crippen molar-refractivity contribution in [1.82, 2.24) is 9.97 Å². The normalized spacial score (nSPS) is 16.8. The maximum atomic E-state index is 4.73. The largest absolute Gasteiger partial charge is 0.370 e. The van der Waals surface area contributed by atoms with Crippen molar-refractivity contribution in [2.45, 2.75) is 64.7 Å². The number of nitrogens with zero attached hydrogens (tertiary/aromatic N) is 2. The van der Waals surface area contributed by atoms with Gasteiger partial charge >= 0.3 is 0 Å². The molecule has 1 heterocycles. The predicted molar refractivity (Wildman–Crippen MR) is 76.0 cm³/mol. The fourth-order valence-electron chi connectivity index (χ4n) is 2.59. The lowest BCUT2D eigenvalue weighted by atomic mass is 9.88. The average molecular weight is 247 g/mol. The summed E-state index contributed by atoms with van der Waals surface area (Å²) in [7, 11) is 0. The minimum atomic E-state index is 0.590. The van der Waals surface area contributed by atoms with Gasteiger partial charge in [0.2, 0.25) is 0 Å². The highest BCUT2D eigenvalue weighted by atomic mass is 15.0. The molecule has 0 unspecified atom stereocenters. The van der Waals surface area contributed by atoms with Gasteiger partial charge in [-0.25, -0.2) is 9.97 Å². The fourth-order valence-corrected chi connectivity index (χ4v) is 2.59. The Kier molecular flexibility index (Phi) is 4.97. The van der Waals surface area contributed by atoms with Gasteiger partial charge in [-0.15, -0.1) is 0 Å². The molecule has 3 nitrogen and oxygen atoms in total. The molecule has 1 fully saturated rings. The summed E-state index contributed by atoms with van der Waals surface area (Å²) in [5.41, 5.74) is 1.17. The lowest BCUT2D eigenvalue weighted by Crippen LogP contribution is -2.12. The summed E-state index contributed by atoms with van der Waals surface area (Å²) in [6, 6.07) is 2.10. The second-order valence-corrected chi connectivity index (χ2v) is 5.22. The molecule has 1 aromatic heterocycles.